The second kappa shape index (κ2) is 33.1. The number of fused-ring (bicyclic) bond motifs is 1. The zero-order valence-electron chi connectivity index (χ0n) is 57.3. The van der Waals surface area contributed by atoms with Gasteiger partial charge < -0.3 is 89.6 Å². The molecule has 9 atom stereocenters. The Balaban J connectivity index is 1.32. The number of ether oxygens (including phenoxy) is 1. The summed E-state index contributed by atoms with van der Waals surface area (Å²) < 4.78 is 64.3. The number of carbonyl (C=O) groups excluding carboxylic acids is 11. The Bertz CT molecular complexity index is 3520. The molecule has 2 aliphatic rings. The molecule has 2 fully saturated rings. The fraction of sp³-hybridized carbons (Fsp3) is 0.508. The van der Waals surface area contributed by atoms with Crippen LogP contribution in [0.2, 0.25) is 0 Å². The number of hydrazine groups is 1. The lowest BCUT2D eigenvalue weighted by Gasteiger charge is -2.31. The molecular weight excluding hydrogens is 1180 g/mol. The third kappa shape index (κ3) is 21.7. The van der Waals surface area contributed by atoms with Gasteiger partial charge in [0.2, 0.25) is 53.2 Å². The van der Waals surface area contributed by atoms with Gasteiger partial charge in [0.1, 0.15) is 60.1 Å². The van der Waals surface area contributed by atoms with Crippen molar-refractivity contribution in [2.45, 2.75) is 159 Å². The maximum Gasteiger partial charge on any atom is 0.330 e. The summed E-state index contributed by atoms with van der Waals surface area (Å²) in [5, 5.41) is 41.5. The number of nitrogens with two attached hydrogens (primary N) is 3. The topological polar surface area (TPSA) is 496 Å². The standard InChI is InChI=1S/C59H84N18O14/c1-31(2)22-40(49(82)68-39(12-8-20-64-57(60)61)56(89)77-21-9-13-46(77)55(88)75-76-58(62)90)69-54(87)45(29-91-59(3,4)5)74-50(83)41(23-32-14-16-35(79)17-15-32)70-53(86)44(28-78)73-51(84)42(24-33-26-65-37-11-7-6-10-36(33)37)71-52(85)43(25-34-27-63-30-66-34)72-48(81)38-18-19-47(80)67-38/h6-7,10-11,14-17,26-27,30-31,38-46,65,78-79H,8-9,12-13,18-25,28-29H2,1-5H3,(H,63,66)(H,67,80)(H,68,82)(H,69,87)(H,70,86)(H,71,85)(H,72,81)(H,73,84)(H,74,83)(H,75,88)(H4,60,61,64)(H3,62,76,90)/t38-,39-,40-,41-,42-,43-,44-,45+,46-/m0/s1/i1D3,2D3,31D. The van der Waals surface area contributed by atoms with Crippen molar-refractivity contribution in [2.24, 2.45) is 28.1 Å². The highest BCUT2D eigenvalue weighted by Gasteiger charge is 2.40. The van der Waals surface area contributed by atoms with E-state index in [1.54, 1.807) is 51.2 Å². The van der Waals surface area contributed by atoms with Crippen molar-refractivity contribution in [3.05, 3.63) is 84.1 Å². The number of aromatic amines is 2. The zero-order chi connectivity index (χ0) is 72.5. The smallest absolute Gasteiger partial charge is 0.330 e. The molecule has 4 aromatic rings. The van der Waals surface area contributed by atoms with Gasteiger partial charge in [-0.05, 0) is 94.5 Å². The minimum Gasteiger partial charge on any atom is -0.508 e. The summed E-state index contributed by atoms with van der Waals surface area (Å²) in [6.07, 6.45) is 2.07. The van der Waals surface area contributed by atoms with Gasteiger partial charge in [0.05, 0.1) is 25.1 Å². The lowest BCUT2D eigenvalue weighted by atomic mass is 10.0. The van der Waals surface area contributed by atoms with Crippen LogP contribution in [0.1, 0.15) is 106 Å². The van der Waals surface area contributed by atoms with Gasteiger partial charge in [-0.15, -0.1) is 0 Å². The van der Waals surface area contributed by atoms with Gasteiger partial charge in [0, 0.05) is 77.4 Å². The number of urea groups is 1. The first-order chi connectivity index (χ1) is 46.0. The first-order valence-corrected chi connectivity index (χ1v) is 29.2. The van der Waals surface area contributed by atoms with Crippen LogP contribution < -0.4 is 70.6 Å². The quantitative estimate of drug-likeness (QED) is 0.0103. The number of aliphatic hydroxyl groups is 1. The predicted octanol–water partition coefficient (Wildman–Crippen LogP) is -3.11. The summed E-state index contributed by atoms with van der Waals surface area (Å²) in [6, 6.07) is -3.85. The van der Waals surface area contributed by atoms with Gasteiger partial charge >= 0.3 is 6.03 Å². The molecule has 20 N–H and O–H groups in total. The van der Waals surface area contributed by atoms with Gasteiger partial charge in [-0.2, -0.15) is 0 Å². The number of nitrogens with one attached hydrogen (secondary N) is 12. The number of aromatic nitrogens is 3. The lowest BCUT2D eigenvalue weighted by molar-refractivity contribution is -0.142. The number of carbonyl (C=O) groups is 11. The number of phenols is 1. The number of hydrogen-bond donors (Lipinski definition) is 17. The maximum atomic E-state index is 14.9. The molecule has 2 aromatic heterocycles. The number of rotatable bonds is 31. The molecule has 0 aliphatic carbocycles. The van der Waals surface area contributed by atoms with Crippen LogP contribution in [0.3, 0.4) is 0 Å². The summed E-state index contributed by atoms with van der Waals surface area (Å²) >= 11 is 0. The summed E-state index contributed by atoms with van der Waals surface area (Å²) in [7, 11) is 0. The van der Waals surface area contributed by atoms with E-state index < -0.39 is 165 Å². The molecule has 2 aromatic carbocycles. The second-order valence-corrected chi connectivity index (χ2v) is 22.7. The summed E-state index contributed by atoms with van der Waals surface area (Å²) in [6.45, 7) is -4.90. The molecule has 0 radical (unpaired) electrons. The van der Waals surface area contributed by atoms with E-state index in [2.05, 4.69) is 67.9 Å². The highest BCUT2D eigenvalue weighted by molar-refractivity contribution is 5.99. The van der Waals surface area contributed by atoms with Crippen LogP contribution in [0.15, 0.2) is 72.2 Å². The van der Waals surface area contributed by atoms with Gasteiger partial charge in [0.15, 0.2) is 5.96 Å². The molecule has 91 heavy (non-hydrogen) atoms. The molecule has 32 nitrogen and oxygen atoms in total. The number of aromatic hydroxyl groups is 1. The highest BCUT2D eigenvalue weighted by Crippen LogP contribution is 2.22. The second-order valence-electron chi connectivity index (χ2n) is 22.7. The van der Waals surface area contributed by atoms with Crippen LogP contribution in [-0.2, 0) is 71.9 Å². The molecule has 6 rings (SSSR count). The van der Waals surface area contributed by atoms with Crippen LogP contribution in [-0.4, -0.2) is 187 Å². The van der Waals surface area contributed by atoms with Gasteiger partial charge in [-0.25, -0.2) is 15.2 Å². The Morgan fingerprint density at radius 3 is 2.00 bits per heavy atom. The van der Waals surface area contributed by atoms with E-state index in [9.17, 15) is 63.0 Å². The maximum absolute atomic E-state index is 14.9. The minimum absolute atomic E-state index is 0.0520. The zero-order valence-corrected chi connectivity index (χ0v) is 50.3. The number of para-hydroxylation sites is 1. The van der Waals surface area contributed by atoms with Crippen molar-refractivity contribution in [3.8, 4) is 5.75 Å². The number of nitrogens with zero attached hydrogens (tertiary/aromatic N) is 3. The predicted molar refractivity (Wildman–Crippen MR) is 329 cm³/mol. The minimum atomic E-state index is -3.72. The van der Waals surface area contributed by atoms with Crippen LogP contribution in [0, 0.1) is 5.89 Å². The van der Waals surface area contributed by atoms with Crippen LogP contribution >= 0.6 is 0 Å². The fourth-order valence-electron chi connectivity index (χ4n) is 9.94. The van der Waals surface area contributed by atoms with E-state index >= 15 is 0 Å². The average molecular weight is 1280 g/mol. The molecule has 0 spiro atoms. The van der Waals surface area contributed by atoms with E-state index in [4.69, 9.17) is 31.5 Å². The number of likely N-dealkylation sites (tertiary alicyclic amines) is 1. The normalized spacial score (nSPS) is 18.5. The Labute approximate surface area is 534 Å². The number of primary amides is 1. The molecule has 32 heteroatoms. The Morgan fingerprint density at radius 2 is 1.37 bits per heavy atom. The van der Waals surface area contributed by atoms with E-state index in [1.165, 1.54) is 36.8 Å². The molecule has 494 valence electrons. The molecule has 2 aliphatic heterocycles. The van der Waals surface area contributed by atoms with E-state index in [0.717, 1.165) is 4.90 Å². The summed E-state index contributed by atoms with van der Waals surface area (Å²) in [5.41, 5.74) is 20.8. The number of amides is 12. The van der Waals surface area contributed by atoms with Gasteiger partial charge in [-0.3, -0.25) is 58.4 Å². The first-order valence-electron chi connectivity index (χ1n) is 32.7. The number of phenolic OH excluding ortho intramolecular Hbond substituents is 1. The third-order valence-electron chi connectivity index (χ3n) is 14.5. The van der Waals surface area contributed by atoms with Crippen molar-refractivity contribution in [3.63, 3.8) is 0 Å². The Kier molecular flexibility index (Phi) is 21.9. The monoisotopic (exact) mass is 1280 g/mol. The molecular formula is C59H84N18O14. The highest BCUT2D eigenvalue weighted by atomic mass is 16.5. The van der Waals surface area contributed by atoms with Crippen LogP contribution in [0.5, 0.6) is 5.75 Å². The summed E-state index contributed by atoms with van der Waals surface area (Å²) in [4.78, 5) is 168. The van der Waals surface area contributed by atoms with E-state index in [0.29, 0.717) is 22.2 Å². The van der Waals surface area contributed by atoms with Crippen LogP contribution in [0.25, 0.3) is 10.9 Å². The Hall–Kier alpha value is -9.85. The van der Waals surface area contributed by atoms with Crippen molar-refractivity contribution in [1.29, 1.82) is 0 Å². The number of benzene rings is 2. The van der Waals surface area contributed by atoms with Crippen molar-refractivity contribution in [1.82, 2.24) is 73.2 Å². The molecule has 12 amide bonds. The largest absolute Gasteiger partial charge is 0.508 e. The molecule has 0 unspecified atom stereocenters. The van der Waals surface area contributed by atoms with Crippen molar-refractivity contribution < 1.29 is 77.3 Å². The number of aliphatic imine (C=N–C) groups is 1. The van der Waals surface area contributed by atoms with E-state index in [1.807, 2.05) is 5.43 Å². The van der Waals surface area contributed by atoms with Gasteiger partial charge in [0.25, 0.3) is 5.91 Å². The van der Waals surface area contributed by atoms with Crippen molar-refractivity contribution >= 4 is 82.0 Å². The van der Waals surface area contributed by atoms with Crippen LogP contribution in [0.4, 0.5) is 4.79 Å². The van der Waals surface area contributed by atoms with Gasteiger partial charge in [-0.1, -0.05) is 44.0 Å². The Morgan fingerprint density at radius 1 is 0.758 bits per heavy atom. The first kappa shape index (κ1) is 60.1. The molecule has 2 saturated heterocycles. The van der Waals surface area contributed by atoms with Crippen molar-refractivity contribution in [2.75, 3.05) is 26.3 Å². The van der Waals surface area contributed by atoms with E-state index in [-0.39, 0.29) is 87.6 Å². The lowest BCUT2D eigenvalue weighted by Crippen LogP contribution is -2.62. The SMILES string of the molecule is [2H]C([2H])([2H])C([2H])(C[C@H](NC(=O)[C@@H](COC(C)(C)C)NC(=O)[C@H](Cc1ccc(O)cc1)NC(=O)[C@H](CO)NC(=O)[C@H](Cc1c[nH]c2ccccc12)NC(=O)[C@H](Cc1cnc[nH]1)NC(=O)[C@@H]1CCC(=O)N1)C(=O)N[C@@H](CCCN=C(N)N)C(=O)N1CCC[C@H]1C(=O)NNC(N)=O)C([2H])([2H])[2H]. The number of hydrogen-bond acceptors (Lipinski definition) is 16. The molecule has 0 bridgehead atoms. The third-order valence-corrected chi connectivity index (χ3v) is 14.5. The molecule has 4 heterocycles. The number of aliphatic hydroxyl groups excluding tert-OH is 1. The fourth-order valence-corrected chi connectivity index (χ4v) is 9.94. The average Bonchev–Trinajstić information content (AvgIpc) is 0.966. The summed E-state index contributed by atoms with van der Waals surface area (Å²) in [5.74, 6) is -14.2. The molecule has 0 saturated carbocycles. The number of H-pyrrole nitrogens is 2. The number of imidazole rings is 1. The number of guanidine groups is 1.